The van der Waals surface area contributed by atoms with E-state index in [1.165, 1.54) is 0 Å². The van der Waals surface area contributed by atoms with Gasteiger partial charge in [-0.25, -0.2) is 0 Å². The molecule has 0 aliphatic heterocycles. The lowest BCUT2D eigenvalue weighted by molar-refractivity contribution is -0.120. The summed E-state index contributed by atoms with van der Waals surface area (Å²) >= 11 is 0. The monoisotopic (exact) mass is 286 g/mol. The zero-order valence-corrected chi connectivity index (χ0v) is 13.6. The van der Waals surface area contributed by atoms with Crippen molar-refractivity contribution in [3.63, 3.8) is 0 Å². The number of allylic oxidation sites excluding steroid dienone is 2. The van der Waals surface area contributed by atoms with Crippen LogP contribution in [0.5, 0.6) is 0 Å². The van der Waals surface area contributed by atoms with Crippen molar-refractivity contribution in [2.24, 2.45) is 5.41 Å². The highest BCUT2D eigenvalue weighted by Gasteiger charge is 2.41. The molecular weight excluding hydrogens is 260 g/mol. The molecule has 0 saturated heterocycles. The van der Waals surface area contributed by atoms with E-state index in [9.17, 15) is 4.79 Å². The molecule has 1 fully saturated rings. The Bertz CT molecular complexity index is 514. The van der Waals surface area contributed by atoms with Crippen LogP contribution in [0.15, 0.2) is 42.2 Å². The number of hydrogen-bond donors (Lipinski definition) is 0. The van der Waals surface area contributed by atoms with Crippen LogP contribution in [0.3, 0.4) is 0 Å². The number of ketones is 1. The topological polar surface area (TPSA) is 26.3 Å². The first kappa shape index (κ1) is 15.8. The SMILES string of the molecule is CO/C(=C\C(=O)C1(c2ccccc2)CCCC1)C(C)(C)C. The highest BCUT2D eigenvalue weighted by Crippen LogP contribution is 2.43. The lowest BCUT2D eigenvalue weighted by Crippen LogP contribution is -2.32. The predicted octanol–water partition coefficient (Wildman–Crippen LogP) is 4.64. The van der Waals surface area contributed by atoms with Gasteiger partial charge in [-0.15, -0.1) is 0 Å². The van der Waals surface area contributed by atoms with Crippen LogP contribution in [0.4, 0.5) is 0 Å². The van der Waals surface area contributed by atoms with Crippen LogP contribution in [0.1, 0.15) is 52.0 Å². The Morgan fingerprint density at radius 3 is 2.19 bits per heavy atom. The molecule has 1 saturated carbocycles. The van der Waals surface area contributed by atoms with Crippen molar-refractivity contribution in [3.8, 4) is 0 Å². The highest BCUT2D eigenvalue weighted by atomic mass is 16.5. The minimum absolute atomic E-state index is 0.152. The van der Waals surface area contributed by atoms with Crippen molar-refractivity contribution in [3.05, 3.63) is 47.7 Å². The maximum absolute atomic E-state index is 13.0. The second-order valence-electron chi connectivity index (χ2n) is 6.98. The summed E-state index contributed by atoms with van der Waals surface area (Å²) in [5.74, 6) is 0.952. The van der Waals surface area contributed by atoms with Crippen LogP contribution in [0, 0.1) is 5.41 Å². The molecule has 0 radical (unpaired) electrons. The molecule has 1 aliphatic carbocycles. The standard InChI is InChI=1S/C19H26O2/c1-18(2,3)17(21-4)14-16(20)19(12-8-9-13-19)15-10-6-5-7-11-15/h5-7,10-11,14H,8-9,12-13H2,1-4H3/b17-14-. The molecule has 1 aliphatic rings. The van der Waals surface area contributed by atoms with Gasteiger partial charge in [-0.05, 0) is 18.4 Å². The Morgan fingerprint density at radius 2 is 1.71 bits per heavy atom. The molecule has 114 valence electrons. The molecule has 21 heavy (non-hydrogen) atoms. The largest absolute Gasteiger partial charge is 0.500 e. The first-order valence-corrected chi connectivity index (χ1v) is 7.76. The predicted molar refractivity (Wildman–Crippen MR) is 86.1 cm³/mol. The van der Waals surface area contributed by atoms with Crippen molar-refractivity contribution < 1.29 is 9.53 Å². The lowest BCUT2D eigenvalue weighted by Gasteiger charge is -2.28. The summed E-state index contributed by atoms with van der Waals surface area (Å²) in [5.41, 5.74) is 0.644. The third-order valence-electron chi connectivity index (χ3n) is 4.48. The van der Waals surface area contributed by atoms with Crippen molar-refractivity contribution in [2.45, 2.75) is 51.9 Å². The molecular formula is C19H26O2. The minimum atomic E-state index is -0.351. The Hall–Kier alpha value is -1.57. The Labute approximate surface area is 128 Å². The molecule has 0 heterocycles. The van der Waals surface area contributed by atoms with Gasteiger partial charge >= 0.3 is 0 Å². The first-order chi connectivity index (χ1) is 9.90. The van der Waals surface area contributed by atoms with Gasteiger partial charge in [-0.2, -0.15) is 0 Å². The zero-order valence-electron chi connectivity index (χ0n) is 13.6. The van der Waals surface area contributed by atoms with Gasteiger partial charge in [-0.3, -0.25) is 4.79 Å². The van der Waals surface area contributed by atoms with Crippen molar-refractivity contribution in [1.82, 2.24) is 0 Å². The van der Waals surface area contributed by atoms with Gasteiger partial charge < -0.3 is 4.74 Å². The molecule has 0 bridgehead atoms. The second-order valence-corrected chi connectivity index (χ2v) is 6.98. The van der Waals surface area contributed by atoms with E-state index in [0.29, 0.717) is 0 Å². The number of rotatable bonds is 4. The van der Waals surface area contributed by atoms with Gasteiger partial charge in [0.25, 0.3) is 0 Å². The summed E-state index contributed by atoms with van der Waals surface area (Å²) in [6.45, 7) is 6.21. The third-order valence-corrected chi connectivity index (χ3v) is 4.48. The average molecular weight is 286 g/mol. The van der Waals surface area contributed by atoms with Gasteiger partial charge in [0.2, 0.25) is 0 Å². The van der Waals surface area contributed by atoms with Gasteiger partial charge in [0.05, 0.1) is 12.5 Å². The summed E-state index contributed by atoms with van der Waals surface area (Å²) < 4.78 is 5.47. The van der Waals surface area contributed by atoms with E-state index < -0.39 is 0 Å². The van der Waals surface area contributed by atoms with Crippen LogP contribution < -0.4 is 0 Å². The first-order valence-electron chi connectivity index (χ1n) is 7.76. The van der Waals surface area contributed by atoms with Crippen molar-refractivity contribution >= 4 is 5.78 Å². The highest BCUT2D eigenvalue weighted by molar-refractivity contribution is 5.99. The van der Waals surface area contributed by atoms with Crippen LogP contribution in [-0.2, 0) is 14.9 Å². The molecule has 2 heteroatoms. The fourth-order valence-electron chi connectivity index (χ4n) is 3.25. The van der Waals surface area contributed by atoms with E-state index in [0.717, 1.165) is 37.0 Å². The molecule has 0 aromatic heterocycles. The third kappa shape index (κ3) is 3.20. The maximum atomic E-state index is 13.0. The average Bonchev–Trinajstić information content (AvgIpc) is 2.95. The molecule has 0 spiro atoms. The van der Waals surface area contributed by atoms with E-state index in [2.05, 4.69) is 32.9 Å². The van der Waals surface area contributed by atoms with Crippen LogP contribution >= 0.6 is 0 Å². The molecule has 2 rings (SSSR count). The number of benzene rings is 1. The molecule has 0 atom stereocenters. The van der Waals surface area contributed by atoms with E-state index in [4.69, 9.17) is 4.74 Å². The molecule has 1 aromatic rings. The molecule has 0 unspecified atom stereocenters. The van der Waals surface area contributed by atoms with E-state index in [-0.39, 0.29) is 16.6 Å². The number of carbonyl (C=O) groups is 1. The van der Waals surface area contributed by atoms with E-state index in [1.54, 1.807) is 13.2 Å². The van der Waals surface area contributed by atoms with Crippen LogP contribution in [-0.4, -0.2) is 12.9 Å². The van der Waals surface area contributed by atoms with E-state index in [1.807, 2.05) is 18.2 Å². The van der Waals surface area contributed by atoms with Gasteiger partial charge in [0.15, 0.2) is 5.78 Å². The quantitative estimate of drug-likeness (QED) is 0.595. The van der Waals surface area contributed by atoms with Crippen LogP contribution in [0.25, 0.3) is 0 Å². The number of ether oxygens (including phenoxy) is 1. The minimum Gasteiger partial charge on any atom is -0.500 e. The van der Waals surface area contributed by atoms with Crippen molar-refractivity contribution in [2.75, 3.05) is 7.11 Å². The molecule has 0 N–H and O–H groups in total. The molecule has 0 amide bonds. The molecule has 1 aromatic carbocycles. The zero-order chi connectivity index (χ0) is 15.5. The lowest BCUT2D eigenvalue weighted by atomic mass is 9.74. The summed E-state index contributed by atoms with van der Waals surface area (Å²) in [4.78, 5) is 13.0. The smallest absolute Gasteiger partial charge is 0.169 e. The Morgan fingerprint density at radius 1 is 1.14 bits per heavy atom. The molecule has 2 nitrogen and oxygen atoms in total. The Balaban J connectivity index is 2.40. The van der Waals surface area contributed by atoms with E-state index >= 15 is 0 Å². The number of hydrogen-bond acceptors (Lipinski definition) is 2. The van der Waals surface area contributed by atoms with Gasteiger partial charge in [-0.1, -0.05) is 63.9 Å². The number of methoxy groups -OCH3 is 1. The second kappa shape index (κ2) is 6.05. The van der Waals surface area contributed by atoms with Crippen molar-refractivity contribution in [1.29, 1.82) is 0 Å². The van der Waals surface area contributed by atoms with Crippen LogP contribution in [0.2, 0.25) is 0 Å². The fourth-order valence-corrected chi connectivity index (χ4v) is 3.25. The van der Waals surface area contributed by atoms with Gasteiger partial charge in [0.1, 0.15) is 5.76 Å². The maximum Gasteiger partial charge on any atom is 0.169 e. The summed E-state index contributed by atoms with van der Waals surface area (Å²) in [6.07, 6.45) is 5.85. The summed E-state index contributed by atoms with van der Waals surface area (Å²) in [6, 6.07) is 10.2. The Kier molecular flexibility index (Phi) is 4.55. The normalized spacial score (nSPS) is 18.6. The van der Waals surface area contributed by atoms with Gasteiger partial charge in [0, 0.05) is 11.5 Å². The number of carbonyl (C=O) groups excluding carboxylic acids is 1. The summed E-state index contributed by atoms with van der Waals surface area (Å²) in [7, 11) is 1.65. The fraction of sp³-hybridized carbons (Fsp3) is 0.526. The summed E-state index contributed by atoms with van der Waals surface area (Å²) in [5, 5.41) is 0.